The zero-order valence-electron chi connectivity index (χ0n) is 9.36. The number of benzene rings is 1. The van der Waals surface area contributed by atoms with E-state index >= 15 is 0 Å². The average Bonchev–Trinajstić information content (AvgIpc) is 2.91. The van der Waals surface area contributed by atoms with Gasteiger partial charge in [-0.3, -0.25) is 0 Å². The van der Waals surface area contributed by atoms with E-state index in [-0.39, 0.29) is 11.4 Å². The van der Waals surface area contributed by atoms with Crippen LogP contribution in [0.25, 0.3) is 22.6 Å². The van der Waals surface area contributed by atoms with Gasteiger partial charge in [-0.25, -0.2) is 4.98 Å². The number of oxazole rings is 1. The lowest BCUT2D eigenvalue weighted by atomic mass is 10.2. The smallest absolute Gasteiger partial charge is 0.416 e. The quantitative estimate of drug-likeness (QED) is 0.730. The Morgan fingerprint density at radius 2 is 2.00 bits per heavy atom. The van der Waals surface area contributed by atoms with Crippen molar-refractivity contribution in [3.8, 4) is 11.5 Å². The number of rotatable bonds is 1. The van der Waals surface area contributed by atoms with E-state index in [2.05, 4.69) is 4.98 Å². The number of aromatic nitrogens is 1. The molecular formula is C12H7F3N2OS. The number of halogens is 3. The molecule has 1 aromatic carbocycles. The van der Waals surface area contributed by atoms with Crippen molar-refractivity contribution in [3.05, 3.63) is 35.2 Å². The van der Waals surface area contributed by atoms with E-state index in [0.717, 1.165) is 12.1 Å². The fourth-order valence-corrected chi connectivity index (χ4v) is 2.35. The van der Waals surface area contributed by atoms with Crippen molar-refractivity contribution in [2.75, 3.05) is 5.73 Å². The van der Waals surface area contributed by atoms with E-state index in [1.54, 1.807) is 11.4 Å². The molecule has 0 bridgehead atoms. The maximum absolute atomic E-state index is 12.6. The van der Waals surface area contributed by atoms with Crippen LogP contribution in [-0.2, 0) is 6.18 Å². The van der Waals surface area contributed by atoms with E-state index in [9.17, 15) is 13.2 Å². The van der Waals surface area contributed by atoms with Crippen LogP contribution in [0.15, 0.2) is 34.1 Å². The molecule has 0 spiro atoms. The number of fused-ring (bicyclic) bond motifs is 1. The van der Waals surface area contributed by atoms with Crippen molar-refractivity contribution in [2.45, 2.75) is 6.18 Å². The minimum Gasteiger partial charge on any atom is -0.436 e. The zero-order chi connectivity index (χ0) is 13.6. The average molecular weight is 284 g/mol. The van der Waals surface area contributed by atoms with Gasteiger partial charge in [-0.15, -0.1) is 11.3 Å². The Balaban J connectivity index is 2.14. The first-order valence-corrected chi connectivity index (χ1v) is 6.14. The minimum atomic E-state index is -4.39. The second kappa shape index (κ2) is 3.99. The normalized spacial score (nSPS) is 12.2. The molecule has 2 aromatic heterocycles. The summed E-state index contributed by atoms with van der Waals surface area (Å²) >= 11 is 1.31. The molecule has 0 unspecified atom stereocenters. The predicted molar refractivity (Wildman–Crippen MR) is 66.7 cm³/mol. The van der Waals surface area contributed by atoms with Gasteiger partial charge in [0.25, 0.3) is 0 Å². The molecule has 0 atom stereocenters. The van der Waals surface area contributed by atoms with Gasteiger partial charge >= 0.3 is 6.18 Å². The van der Waals surface area contributed by atoms with E-state index in [1.165, 1.54) is 17.4 Å². The van der Waals surface area contributed by atoms with Gasteiger partial charge in [0.2, 0.25) is 5.89 Å². The fourth-order valence-electron chi connectivity index (χ4n) is 1.72. The SMILES string of the molecule is Nc1sccc1-c1nc2cc(C(F)(F)F)ccc2o1. The van der Waals surface area contributed by atoms with Crippen molar-refractivity contribution in [2.24, 2.45) is 0 Å². The Hall–Kier alpha value is -2.02. The van der Waals surface area contributed by atoms with Crippen molar-refractivity contribution >= 4 is 27.4 Å². The summed E-state index contributed by atoms with van der Waals surface area (Å²) in [7, 11) is 0. The Labute approximate surface area is 109 Å². The number of nitrogen functional groups attached to an aromatic ring is 1. The number of anilines is 1. The first-order chi connectivity index (χ1) is 8.95. The van der Waals surface area contributed by atoms with E-state index in [0.29, 0.717) is 16.1 Å². The number of nitrogens with two attached hydrogens (primary N) is 1. The van der Waals surface area contributed by atoms with Gasteiger partial charge < -0.3 is 10.2 Å². The second-order valence-electron chi connectivity index (χ2n) is 3.90. The molecule has 2 N–H and O–H groups in total. The van der Waals surface area contributed by atoms with Gasteiger partial charge in [-0.05, 0) is 29.6 Å². The summed E-state index contributed by atoms with van der Waals surface area (Å²) in [6.45, 7) is 0. The third kappa shape index (κ3) is 2.06. The summed E-state index contributed by atoms with van der Waals surface area (Å²) < 4.78 is 43.2. The van der Waals surface area contributed by atoms with Crippen molar-refractivity contribution in [1.29, 1.82) is 0 Å². The number of alkyl halides is 3. The molecule has 2 heterocycles. The summed E-state index contributed by atoms with van der Waals surface area (Å²) in [5, 5.41) is 2.28. The molecule has 0 saturated heterocycles. The van der Waals surface area contributed by atoms with Crippen LogP contribution in [0.3, 0.4) is 0 Å². The molecule has 3 aromatic rings. The molecule has 0 aliphatic heterocycles. The highest BCUT2D eigenvalue weighted by molar-refractivity contribution is 7.14. The third-order valence-electron chi connectivity index (χ3n) is 2.64. The molecular weight excluding hydrogens is 277 g/mol. The van der Waals surface area contributed by atoms with Crippen LogP contribution in [0.4, 0.5) is 18.2 Å². The second-order valence-corrected chi connectivity index (χ2v) is 4.85. The fraction of sp³-hybridized carbons (Fsp3) is 0.0833. The Morgan fingerprint density at radius 3 is 2.63 bits per heavy atom. The Kier molecular flexibility index (Phi) is 2.53. The number of hydrogen-bond acceptors (Lipinski definition) is 4. The summed E-state index contributed by atoms with van der Waals surface area (Å²) in [6.07, 6.45) is -4.39. The first-order valence-electron chi connectivity index (χ1n) is 5.26. The molecule has 3 rings (SSSR count). The maximum Gasteiger partial charge on any atom is 0.416 e. The Morgan fingerprint density at radius 1 is 1.21 bits per heavy atom. The van der Waals surface area contributed by atoms with Crippen LogP contribution < -0.4 is 5.73 Å². The minimum absolute atomic E-state index is 0.162. The van der Waals surface area contributed by atoms with E-state index in [1.807, 2.05) is 0 Å². The zero-order valence-corrected chi connectivity index (χ0v) is 10.2. The van der Waals surface area contributed by atoms with Gasteiger partial charge in [0, 0.05) is 0 Å². The topological polar surface area (TPSA) is 52.0 Å². The molecule has 0 aliphatic rings. The van der Waals surface area contributed by atoms with Crippen LogP contribution in [0.5, 0.6) is 0 Å². The van der Waals surface area contributed by atoms with Crippen LogP contribution in [0.2, 0.25) is 0 Å². The highest BCUT2D eigenvalue weighted by Gasteiger charge is 2.31. The van der Waals surface area contributed by atoms with Gasteiger partial charge in [-0.2, -0.15) is 13.2 Å². The summed E-state index contributed by atoms with van der Waals surface area (Å²) in [5.41, 5.74) is 6.03. The number of thiophene rings is 1. The highest BCUT2D eigenvalue weighted by atomic mass is 32.1. The standard InChI is InChI=1S/C12H7F3N2OS/c13-12(14,15)6-1-2-9-8(5-6)17-11(18-9)7-3-4-19-10(7)16/h1-5H,16H2. The van der Waals surface area contributed by atoms with Gasteiger partial charge in [0.05, 0.1) is 16.1 Å². The molecule has 0 saturated carbocycles. The van der Waals surface area contributed by atoms with Gasteiger partial charge in [0.1, 0.15) is 5.52 Å². The molecule has 0 fully saturated rings. The summed E-state index contributed by atoms with van der Waals surface area (Å²) in [6, 6.07) is 4.91. The molecule has 0 aliphatic carbocycles. The molecule has 3 nitrogen and oxygen atoms in total. The molecule has 0 amide bonds. The molecule has 0 radical (unpaired) electrons. The lowest BCUT2D eigenvalue weighted by Gasteiger charge is -2.04. The largest absolute Gasteiger partial charge is 0.436 e. The summed E-state index contributed by atoms with van der Waals surface area (Å²) in [5.74, 6) is 0.230. The van der Waals surface area contributed by atoms with Crippen LogP contribution in [-0.4, -0.2) is 4.98 Å². The van der Waals surface area contributed by atoms with Gasteiger partial charge in [-0.1, -0.05) is 0 Å². The predicted octanol–water partition coefficient (Wildman–Crippen LogP) is 4.16. The van der Waals surface area contributed by atoms with Crippen LogP contribution in [0, 0.1) is 0 Å². The summed E-state index contributed by atoms with van der Waals surface area (Å²) in [4.78, 5) is 4.05. The highest BCUT2D eigenvalue weighted by Crippen LogP contribution is 2.35. The molecule has 98 valence electrons. The monoisotopic (exact) mass is 284 g/mol. The maximum atomic E-state index is 12.6. The van der Waals surface area contributed by atoms with Crippen molar-refractivity contribution < 1.29 is 17.6 Å². The van der Waals surface area contributed by atoms with E-state index in [4.69, 9.17) is 10.2 Å². The molecule has 7 heteroatoms. The van der Waals surface area contributed by atoms with Crippen LogP contribution in [0.1, 0.15) is 5.56 Å². The van der Waals surface area contributed by atoms with E-state index < -0.39 is 11.7 Å². The third-order valence-corrected chi connectivity index (χ3v) is 3.39. The lowest BCUT2D eigenvalue weighted by molar-refractivity contribution is -0.137. The first kappa shape index (κ1) is 12.0. The lowest BCUT2D eigenvalue weighted by Crippen LogP contribution is -2.03. The number of hydrogen-bond donors (Lipinski definition) is 1. The van der Waals surface area contributed by atoms with Crippen molar-refractivity contribution in [1.82, 2.24) is 4.98 Å². The number of nitrogens with zero attached hydrogens (tertiary/aromatic N) is 1. The Bertz CT molecular complexity index is 745. The molecule has 19 heavy (non-hydrogen) atoms. The van der Waals surface area contributed by atoms with Gasteiger partial charge in [0.15, 0.2) is 5.58 Å². The van der Waals surface area contributed by atoms with Crippen molar-refractivity contribution in [3.63, 3.8) is 0 Å². The van der Waals surface area contributed by atoms with Crippen LogP contribution >= 0.6 is 11.3 Å².